The summed E-state index contributed by atoms with van der Waals surface area (Å²) in [6.07, 6.45) is 3.62. The average molecular weight is 338 g/mol. The third kappa shape index (κ3) is 3.82. The summed E-state index contributed by atoms with van der Waals surface area (Å²) in [7, 11) is 0. The predicted octanol–water partition coefficient (Wildman–Crippen LogP) is 3.76. The van der Waals surface area contributed by atoms with Gasteiger partial charge >= 0.3 is 0 Å². The van der Waals surface area contributed by atoms with Crippen LogP contribution in [0.3, 0.4) is 0 Å². The number of nitrogens with one attached hydrogen (secondary N) is 1. The Morgan fingerprint density at radius 1 is 1.50 bits per heavy atom. The van der Waals surface area contributed by atoms with Gasteiger partial charge < -0.3 is 10.1 Å². The number of hydrogen-bond donors (Lipinski definition) is 1. The highest BCUT2D eigenvalue weighted by molar-refractivity contribution is 7.10. The number of aromatic nitrogens is 2. The van der Waals surface area contributed by atoms with Crippen molar-refractivity contribution in [2.75, 3.05) is 11.9 Å². The zero-order valence-corrected chi connectivity index (χ0v) is 13.5. The van der Waals surface area contributed by atoms with E-state index in [0.717, 1.165) is 48.7 Å². The third-order valence-electron chi connectivity index (χ3n) is 3.59. The molecule has 1 aliphatic rings. The van der Waals surface area contributed by atoms with E-state index in [1.807, 2.05) is 24.3 Å². The highest BCUT2D eigenvalue weighted by Crippen LogP contribution is 2.29. The van der Waals surface area contributed by atoms with Crippen molar-refractivity contribution in [3.63, 3.8) is 0 Å². The molecule has 0 bridgehead atoms. The van der Waals surface area contributed by atoms with Crippen molar-refractivity contribution in [2.45, 2.75) is 31.8 Å². The lowest BCUT2D eigenvalue weighted by Crippen LogP contribution is -2.15. The Balaban J connectivity index is 1.60. The molecule has 3 rings (SSSR count). The number of nitrogens with zero attached hydrogens (tertiary/aromatic N) is 2. The molecule has 0 saturated carbocycles. The summed E-state index contributed by atoms with van der Waals surface area (Å²) < 4.78 is 9.89. The van der Waals surface area contributed by atoms with Crippen LogP contribution in [0.2, 0.25) is 4.34 Å². The van der Waals surface area contributed by atoms with Crippen LogP contribution in [-0.4, -0.2) is 28.2 Å². The van der Waals surface area contributed by atoms with Crippen LogP contribution in [-0.2, 0) is 9.53 Å². The summed E-state index contributed by atoms with van der Waals surface area (Å²) >= 11 is 7.19. The maximum atomic E-state index is 12.0. The van der Waals surface area contributed by atoms with Crippen molar-refractivity contribution in [2.24, 2.45) is 0 Å². The minimum atomic E-state index is -0.00449. The minimum absolute atomic E-state index is 0.00449. The molecule has 0 radical (unpaired) electrons. The van der Waals surface area contributed by atoms with E-state index in [1.54, 1.807) is 0 Å². The molecule has 7 heteroatoms. The molecule has 1 aromatic heterocycles. The van der Waals surface area contributed by atoms with Crippen LogP contribution >= 0.6 is 23.1 Å². The van der Waals surface area contributed by atoms with Crippen LogP contribution < -0.4 is 5.32 Å². The maximum absolute atomic E-state index is 12.0. The number of benzene rings is 1. The number of rotatable bonds is 5. The zero-order valence-electron chi connectivity index (χ0n) is 11.9. The van der Waals surface area contributed by atoms with Crippen LogP contribution in [0.5, 0.6) is 0 Å². The first-order valence-corrected chi connectivity index (χ1v) is 8.37. The van der Waals surface area contributed by atoms with E-state index in [-0.39, 0.29) is 12.0 Å². The van der Waals surface area contributed by atoms with Crippen LogP contribution in [0.15, 0.2) is 24.3 Å². The van der Waals surface area contributed by atoms with E-state index < -0.39 is 0 Å². The van der Waals surface area contributed by atoms with E-state index in [4.69, 9.17) is 16.3 Å². The van der Waals surface area contributed by atoms with Gasteiger partial charge in [-0.1, -0.05) is 28.2 Å². The van der Waals surface area contributed by atoms with Crippen LogP contribution in [0.1, 0.15) is 25.7 Å². The highest BCUT2D eigenvalue weighted by atomic mass is 35.5. The number of hydrogen-bond acceptors (Lipinski definition) is 5. The van der Waals surface area contributed by atoms with Gasteiger partial charge in [-0.25, -0.2) is 0 Å². The molecular formula is C15H16ClN3O2S. The molecule has 1 amide bonds. The summed E-state index contributed by atoms with van der Waals surface area (Å²) in [5, 5.41) is 6.91. The fourth-order valence-electron chi connectivity index (χ4n) is 2.48. The van der Waals surface area contributed by atoms with Gasteiger partial charge in [0.05, 0.1) is 6.10 Å². The quantitative estimate of drug-likeness (QED) is 0.902. The second-order valence-electron chi connectivity index (χ2n) is 5.20. The van der Waals surface area contributed by atoms with Gasteiger partial charge in [-0.15, -0.1) is 5.10 Å². The Labute approximate surface area is 137 Å². The Morgan fingerprint density at radius 3 is 3.14 bits per heavy atom. The lowest BCUT2D eigenvalue weighted by molar-refractivity contribution is -0.116. The van der Waals surface area contributed by atoms with Crippen LogP contribution in [0.4, 0.5) is 5.69 Å². The first-order valence-electron chi connectivity index (χ1n) is 7.22. The van der Waals surface area contributed by atoms with Crippen LogP contribution in [0, 0.1) is 0 Å². The van der Waals surface area contributed by atoms with Gasteiger partial charge in [-0.3, -0.25) is 4.79 Å². The van der Waals surface area contributed by atoms with Crippen molar-refractivity contribution < 1.29 is 9.53 Å². The molecule has 0 aliphatic carbocycles. The number of carbonyl (C=O) groups is 1. The highest BCUT2D eigenvalue weighted by Gasteiger charge is 2.17. The molecule has 1 N–H and O–H groups in total. The van der Waals surface area contributed by atoms with Gasteiger partial charge in [0.2, 0.25) is 5.91 Å². The molecule has 22 heavy (non-hydrogen) atoms. The molecule has 1 aliphatic heterocycles. The fourth-order valence-corrected chi connectivity index (χ4v) is 3.16. The first-order chi connectivity index (χ1) is 10.7. The van der Waals surface area contributed by atoms with E-state index in [0.29, 0.717) is 16.5 Å². The lowest BCUT2D eigenvalue weighted by atomic mass is 10.1. The molecule has 0 spiro atoms. The first kappa shape index (κ1) is 15.4. The van der Waals surface area contributed by atoms with E-state index in [9.17, 15) is 4.79 Å². The molecule has 1 atom stereocenters. The van der Waals surface area contributed by atoms with Crippen molar-refractivity contribution in [1.82, 2.24) is 9.59 Å². The summed E-state index contributed by atoms with van der Waals surface area (Å²) in [6.45, 7) is 0.816. The number of anilines is 1. The molecule has 2 aromatic rings. The zero-order chi connectivity index (χ0) is 15.4. The van der Waals surface area contributed by atoms with E-state index in [1.165, 1.54) is 0 Å². The number of ether oxygens (including phenoxy) is 1. The smallest absolute Gasteiger partial charge is 0.224 e. The van der Waals surface area contributed by atoms with Crippen molar-refractivity contribution in [3.05, 3.63) is 28.6 Å². The molecule has 5 nitrogen and oxygen atoms in total. The average Bonchev–Trinajstić information content (AvgIpc) is 3.16. The fraction of sp³-hybridized carbons (Fsp3) is 0.400. The monoisotopic (exact) mass is 337 g/mol. The van der Waals surface area contributed by atoms with Crippen molar-refractivity contribution in [1.29, 1.82) is 0 Å². The van der Waals surface area contributed by atoms with Gasteiger partial charge in [0.15, 0.2) is 0 Å². The normalized spacial score (nSPS) is 17.6. The number of amides is 1. The van der Waals surface area contributed by atoms with Crippen molar-refractivity contribution >= 4 is 34.7 Å². The lowest BCUT2D eigenvalue weighted by Gasteiger charge is -2.10. The Bertz CT molecular complexity index is 656. The Hall–Kier alpha value is -1.50. The SMILES string of the molecule is O=C(CCC1CCCO1)Nc1cccc(-c2nnsc2Cl)c1. The van der Waals surface area contributed by atoms with E-state index >= 15 is 0 Å². The summed E-state index contributed by atoms with van der Waals surface area (Å²) in [4.78, 5) is 12.0. The molecule has 2 heterocycles. The second-order valence-corrected chi connectivity index (χ2v) is 6.55. The van der Waals surface area contributed by atoms with Gasteiger partial charge in [0.1, 0.15) is 10.0 Å². The maximum Gasteiger partial charge on any atom is 0.224 e. The summed E-state index contributed by atoms with van der Waals surface area (Å²) in [6, 6.07) is 7.46. The third-order valence-corrected chi connectivity index (χ3v) is 4.49. The topological polar surface area (TPSA) is 64.1 Å². The Morgan fingerprint density at radius 2 is 2.41 bits per heavy atom. The number of halogens is 1. The Kier molecular flexibility index (Phi) is 5.02. The van der Waals surface area contributed by atoms with Crippen LogP contribution in [0.25, 0.3) is 11.3 Å². The second kappa shape index (κ2) is 7.17. The molecule has 1 aromatic carbocycles. The van der Waals surface area contributed by atoms with Gasteiger partial charge in [0.25, 0.3) is 0 Å². The predicted molar refractivity (Wildman–Crippen MR) is 87.2 cm³/mol. The van der Waals surface area contributed by atoms with E-state index in [2.05, 4.69) is 14.9 Å². The summed E-state index contributed by atoms with van der Waals surface area (Å²) in [5.41, 5.74) is 2.22. The standard InChI is InChI=1S/C15H16ClN3O2S/c16-15-14(18-19-22-15)10-3-1-4-11(9-10)17-13(20)7-6-12-5-2-8-21-12/h1,3-4,9,12H,2,5-8H2,(H,17,20). The minimum Gasteiger partial charge on any atom is -0.378 e. The number of carbonyl (C=O) groups excluding carboxylic acids is 1. The largest absolute Gasteiger partial charge is 0.378 e. The van der Waals surface area contributed by atoms with Gasteiger partial charge in [-0.05, 0) is 31.4 Å². The molecule has 1 saturated heterocycles. The molecule has 1 fully saturated rings. The molecule has 116 valence electrons. The molecule has 1 unspecified atom stereocenters. The van der Waals surface area contributed by atoms with Gasteiger partial charge in [-0.2, -0.15) is 0 Å². The summed E-state index contributed by atoms with van der Waals surface area (Å²) in [5.74, 6) is -0.00449. The van der Waals surface area contributed by atoms with Crippen molar-refractivity contribution in [3.8, 4) is 11.3 Å². The van der Waals surface area contributed by atoms with Gasteiger partial charge in [0, 0.05) is 35.8 Å². The molecular weight excluding hydrogens is 322 g/mol.